The van der Waals surface area contributed by atoms with E-state index >= 15 is 9.59 Å². The van der Waals surface area contributed by atoms with Crippen molar-refractivity contribution in [2.24, 2.45) is 28.7 Å². The number of aromatic hydroxyl groups is 2. The lowest BCUT2D eigenvalue weighted by molar-refractivity contribution is -0.137. The van der Waals surface area contributed by atoms with Gasteiger partial charge >= 0.3 is 0 Å². The van der Waals surface area contributed by atoms with E-state index in [0.29, 0.717) is 46.7 Å². The van der Waals surface area contributed by atoms with Gasteiger partial charge in [-0.3, -0.25) is 47.9 Å². The van der Waals surface area contributed by atoms with Crippen molar-refractivity contribution >= 4 is 92.0 Å². The Balaban J connectivity index is 1.63. The van der Waals surface area contributed by atoms with Gasteiger partial charge in [-0.05, 0) is 129 Å². The maximum atomic E-state index is 15.2. The Morgan fingerprint density at radius 3 is 1.83 bits per heavy atom. The Bertz CT molecular complexity index is 3020. The SMILES string of the molecule is CNCCCC[C@@H]1NC(=O)[C@@H](Cc2ccc(C(N)=O)cc2)NC(=O)[C@H](Cc2ccc(O)cc2)CC(=O)[C@H](NC(=O)[C@@H](CC(=O)CC(C)(C)C)Cc2ccc(Cl)cc2)CSSC[C@@H](C(=O)N[C@H](Cc2ccc(O)cc2)C(N)=O)NC(=O)[C@H]([C@@H](C)O)NC1=O. The van der Waals surface area contributed by atoms with E-state index in [0.717, 1.165) is 21.6 Å². The Kier molecular flexibility index (Phi) is 27.6. The van der Waals surface area contributed by atoms with Crippen LogP contribution in [-0.4, -0.2) is 142 Å². The van der Waals surface area contributed by atoms with E-state index in [-0.39, 0.29) is 79.3 Å². The van der Waals surface area contributed by atoms with Crippen LogP contribution in [0.1, 0.15) is 98.8 Å². The summed E-state index contributed by atoms with van der Waals surface area (Å²) in [6, 6.07) is 15.4. The van der Waals surface area contributed by atoms with Gasteiger partial charge in [-0.1, -0.05) is 102 Å². The van der Waals surface area contributed by atoms with Crippen LogP contribution in [0.2, 0.25) is 5.02 Å². The molecule has 1 aliphatic heterocycles. The molecular formula is C62H80ClN9O13S2. The van der Waals surface area contributed by atoms with Crippen molar-refractivity contribution in [3.05, 3.63) is 130 Å². The Labute approximate surface area is 519 Å². The quantitative estimate of drug-likeness (QED) is 0.0375. The van der Waals surface area contributed by atoms with Gasteiger partial charge in [-0.2, -0.15) is 0 Å². The van der Waals surface area contributed by atoms with Crippen molar-refractivity contribution < 1.29 is 63.3 Å². The molecule has 22 nitrogen and oxygen atoms in total. The summed E-state index contributed by atoms with van der Waals surface area (Å²) in [7, 11) is 3.70. The summed E-state index contributed by atoms with van der Waals surface area (Å²) in [6.45, 7) is 7.42. The highest BCUT2D eigenvalue weighted by atomic mass is 35.5. The molecule has 0 spiro atoms. The average molecular weight is 1260 g/mol. The van der Waals surface area contributed by atoms with Gasteiger partial charge in [-0.25, -0.2) is 0 Å². The predicted octanol–water partition coefficient (Wildman–Crippen LogP) is 3.27. The van der Waals surface area contributed by atoms with Gasteiger partial charge in [-0.15, -0.1) is 0 Å². The molecule has 5 rings (SSSR count). The minimum absolute atomic E-state index is 0.00774. The third-order valence-electron chi connectivity index (χ3n) is 14.3. The van der Waals surface area contributed by atoms with Crippen molar-refractivity contribution in [1.29, 1.82) is 0 Å². The van der Waals surface area contributed by atoms with E-state index in [1.54, 1.807) is 43.4 Å². The lowest BCUT2D eigenvalue weighted by Crippen LogP contribution is -2.62. The second-order valence-corrected chi connectivity index (χ2v) is 26.0. The summed E-state index contributed by atoms with van der Waals surface area (Å²) < 4.78 is 0. The van der Waals surface area contributed by atoms with Crippen LogP contribution in [0, 0.1) is 17.3 Å². The van der Waals surface area contributed by atoms with Crippen LogP contribution in [-0.2, 0) is 68.8 Å². The van der Waals surface area contributed by atoms with E-state index < -0.39 is 119 Å². The molecule has 0 saturated carbocycles. The van der Waals surface area contributed by atoms with E-state index in [4.69, 9.17) is 23.1 Å². The smallest absolute Gasteiger partial charge is 0.248 e. The molecule has 0 unspecified atom stereocenters. The highest BCUT2D eigenvalue weighted by molar-refractivity contribution is 8.76. The first kappa shape index (κ1) is 70.3. The number of hydrogen-bond acceptors (Lipinski definition) is 16. The highest BCUT2D eigenvalue weighted by Gasteiger charge is 2.37. The third-order valence-corrected chi connectivity index (χ3v) is 17.0. The highest BCUT2D eigenvalue weighted by Crippen LogP contribution is 2.28. The molecule has 0 radical (unpaired) electrons. The summed E-state index contributed by atoms with van der Waals surface area (Å²) in [4.78, 5) is 142. The molecule has 4 aromatic carbocycles. The standard InChI is InChI=1S/C62H80ClN9O13S2/c1-35(73)53-61(85)71-51(60(84)68-48(55(65)79)28-39-15-23-45(75)24-16-39)34-87-86-33-50(70-56(80)41(30-46(76)32-62(2,3)4)26-36-11-19-43(63)20-12-36)52(77)31-42(27-37-13-21-44(74)22-14-37)57(81)69-49(29-38-9-17-40(18-10-38)54(64)78)59(83)67-47(58(82)72-53)8-6-7-25-66-5/h9-24,35,41-42,47-51,53,66,73-75H,6-8,25-34H2,1-5H3,(H2,64,78)(H2,65,79)(H,67,83)(H,68,84)(H,69,81)(H,70,80)(H,71,85)(H,72,82)/t35-,41-,42-,47+,48-,49-,50-,51+,53+/m1/s1. The first-order valence-corrected chi connectivity index (χ1v) is 31.5. The maximum Gasteiger partial charge on any atom is 0.248 e. The molecule has 1 aliphatic rings. The number of primary amides is 2. The monoisotopic (exact) mass is 1260 g/mol. The van der Waals surface area contributed by atoms with Gasteiger partial charge in [0.15, 0.2) is 5.78 Å². The Morgan fingerprint density at radius 2 is 1.24 bits per heavy atom. The number of halogens is 1. The summed E-state index contributed by atoms with van der Waals surface area (Å²) >= 11 is 6.21. The number of aliphatic hydroxyl groups is 1. The van der Waals surface area contributed by atoms with E-state index in [9.17, 15) is 53.7 Å². The molecule has 87 heavy (non-hydrogen) atoms. The summed E-state index contributed by atoms with van der Waals surface area (Å²) in [5.74, 6) is -10.7. The average Bonchev–Trinajstić information content (AvgIpc) is 2.63. The maximum absolute atomic E-state index is 15.2. The number of Topliss-reactive ketones (excluding diaryl/α,β-unsaturated/α-hetero) is 2. The number of amides is 8. The lowest BCUT2D eigenvalue weighted by Gasteiger charge is -2.29. The molecule has 9 atom stereocenters. The Morgan fingerprint density at radius 1 is 0.690 bits per heavy atom. The zero-order chi connectivity index (χ0) is 64.0. The first-order valence-electron chi connectivity index (χ1n) is 28.6. The number of nitrogens with one attached hydrogen (secondary N) is 7. The number of unbranched alkanes of at least 4 members (excludes halogenated alkanes) is 1. The number of benzene rings is 4. The molecule has 1 saturated heterocycles. The van der Waals surface area contributed by atoms with Gasteiger partial charge < -0.3 is 64.0 Å². The van der Waals surface area contributed by atoms with Gasteiger partial charge in [0.05, 0.1) is 12.1 Å². The number of phenolic OH excluding ortho intramolecular Hbond substituents is 2. The lowest BCUT2D eigenvalue weighted by atomic mass is 9.85. The molecule has 0 bridgehead atoms. The van der Waals surface area contributed by atoms with Gasteiger partial charge in [0.2, 0.25) is 47.3 Å². The van der Waals surface area contributed by atoms with Crippen LogP contribution in [0.4, 0.5) is 0 Å². The molecule has 8 amide bonds. The number of aliphatic hydroxyl groups excluding tert-OH is 1. The minimum atomic E-state index is -1.76. The fourth-order valence-electron chi connectivity index (χ4n) is 9.59. The second kappa shape index (κ2) is 34.1. The third kappa shape index (κ3) is 23.9. The predicted molar refractivity (Wildman–Crippen MR) is 333 cm³/mol. The molecule has 1 heterocycles. The van der Waals surface area contributed by atoms with Crippen LogP contribution in [0.5, 0.6) is 11.5 Å². The van der Waals surface area contributed by atoms with Crippen LogP contribution >= 0.6 is 33.2 Å². The summed E-state index contributed by atoms with van der Waals surface area (Å²) in [5, 5.41) is 50.8. The fourth-order valence-corrected chi connectivity index (χ4v) is 12.1. The van der Waals surface area contributed by atoms with E-state index in [1.165, 1.54) is 67.6 Å². The molecule has 0 aromatic heterocycles. The van der Waals surface area contributed by atoms with Crippen LogP contribution < -0.4 is 48.7 Å². The number of rotatable bonds is 23. The topological polar surface area (TPSA) is 368 Å². The first-order chi connectivity index (χ1) is 41.2. The van der Waals surface area contributed by atoms with Gasteiger partial charge in [0.25, 0.3) is 0 Å². The fraction of sp³-hybridized carbons (Fsp3) is 0.452. The largest absolute Gasteiger partial charge is 0.508 e. The van der Waals surface area contributed by atoms with Crippen molar-refractivity contribution in [2.45, 2.75) is 134 Å². The summed E-state index contributed by atoms with van der Waals surface area (Å²) in [5.41, 5.74) is 13.2. The number of hydrogen-bond donors (Lipinski definition) is 12. The second-order valence-electron chi connectivity index (χ2n) is 23.0. The molecule has 470 valence electrons. The molecule has 0 aliphatic carbocycles. The molecule has 1 fully saturated rings. The number of carbonyl (C=O) groups is 10. The van der Waals surface area contributed by atoms with Gasteiger partial charge in [0, 0.05) is 66.0 Å². The zero-order valence-electron chi connectivity index (χ0n) is 49.4. The molecule has 25 heteroatoms. The number of ketones is 2. The summed E-state index contributed by atoms with van der Waals surface area (Å²) in [6.07, 6.45) is -1.77. The van der Waals surface area contributed by atoms with Crippen molar-refractivity contribution in [1.82, 2.24) is 37.2 Å². The van der Waals surface area contributed by atoms with Crippen LogP contribution in [0.15, 0.2) is 97.1 Å². The number of nitrogens with two attached hydrogens (primary N) is 2. The number of phenols is 2. The van der Waals surface area contributed by atoms with Crippen molar-refractivity contribution in [3.63, 3.8) is 0 Å². The van der Waals surface area contributed by atoms with E-state index in [2.05, 4.69) is 37.2 Å². The zero-order valence-corrected chi connectivity index (χ0v) is 51.8. The minimum Gasteiger partial charge on any atom is -0.508 e. The van der Waals surface area contributed by atoms with Gasteiger partial charge in [0.1, 0.15) is 47.5 Å². The Hall–Kier alpha value is -7.51. The van der Waals surface area contributed by atoms with Crippen LogP contribution in [0.25, 0.3) is 0 Å². The number of carbonyl (C=O) groups excluding carboxylic acids is 10. The van der Waals surface area contributed by atoms with Crippen molar-refractivity contribution in [3.8, 4) is 11.5 Å². The normalized spacial score (nSPS) is 20.5. The molecular weight excluding hydrogens is 1180 g/mol. The molecule has 14 N–H and O–H groups in total. The van der Waals surface area contributed by atoms with Crippen LogP contribution in [0.3, 0.4) is 0 Å². The van der Waals surface area contributed by atoms with E-state index in [1.807, 2.05) is 20.8 Å². The van der Waals surface area contributed by atoms with Crippen molar-refractivity contribution in [2.75, 3.05) is 25.1 Å². The molecule has 4 aromatic rings.